The average molecular weight is 323 g/mol. The van der Waals surface area contributed by atoms with E-state index in [4.69, 9.17) is 23.8 Å². The number of anilines is 1. The van der Waals surface area contributed by atoms with Gasteiger partial charge in [-0.15, -0.1) is 0 Å². The number of hydrogen-bond donors (Lipinski definition) is 2. The van der Waals surface area contributed by atoms with E-state index in [0.29, 0.717) is 22.4 Å². The first-order valence-electron chi connectivity index (χ1n) is 5.94. The minimum atomic E-state index is -0.492. The summed E-state index contributed by atoms with van der Waals surface area (Å²) in [7, 11) is 0. The van der Waals surface area contributed by atoms with E-state index in [-0.39, 0.29) is 5.69 Å². The number of hydrogen-bond acceptors (Lipinski definition) is 4. The Kier molecular flexibility index (Phi) is 5.02. The maximum Gasteiger partial charge on any atom is 0.271 e. The van der Waals surface area contributed by atoms with E-state index in [1.807, 2.05) is 12.1 Å². The number of benzene rings is 1. The summed E-state index contributed by atoms with van der Waals surface area (Å²) in [6.07, 6.45) is 3.40. The topological polar surface area (TPSA) is 80.1 Å². The number of non-ortho nitro benzene ring substituents is 1. The van der Waals surface area contributed by atoms with E-state index < -0.39 is 4.92 Å². The number of nitrogens with zero attached hydrogens (tertiary/aromatic N) is 2. The zero-order valence-electron chi connectivity index (χ0n) is 10.7. The Balaban J connectivity index is 1.99. The number of halogens is 1. The first-order chi connectivity index (χ1) is 10.1. The first kappa shape index (κ1) is 15.1. The number of nitro benzene ring substituents is 1. The second-order valence-corrected chi connectivity index (χ2v) is 4.91. The van der Waals surface area contributed by atoms with Crippen LogP contribution in [0.1, 0.15) is 5.56 Å². The molecule has 2 rings (SSSR count). The Morgan fingerprint density at radius 3 is 2.90 bits per heavy atom. The summed E-state index contributed by atoms with van der Waals surface area (Å²) in [6, 6.07) is 7.85. The monoisotopic (exact) mass is 322 g/mol. The molecule has 21 heavy (non-hydrogen) atoms. The normalized spacial score (nSPS) is 9.95. The highest BCUT2D eigenvalue weighted by Crippen LogP contribution is 2.26. The lowest BCUT2D eigenvalue weighted by atomic mass is 10.3. The molecule has 0 aliphatic carbocycles. The molecule has 0 atom stereocenters. The molecule has 0 aliphatic heterocycles. The molecule has 1 aromatic carbocycles. The van der Waals surface area contributed by atoms with Crippen molar-refractivity contribution in [2.24, 2.45) is 0 Å². The summed E-state index contributed by atoms with van der Waals surface area (Å²) in [6.45, 7) is 0.492. The molecule has 2 N–H and O–H groups in total. The molecular formula is C13H11ClN4O2S. The van der Waals surface area contributed by atoms with E-state index in [1.54, 1.807) is 12.4 Å². The summed E-state index contributed by atoms with van der Waals surface area (Å²) in [5, 5.41) is 17.2. The van der Waals surface area contributed by atoms with E-state index in [9.17, 15) is 10.1 Å². The molecule has 0 aliphatic rings. The molecule has 1 aromatic heterocycles. The lowest BCUT2D eigenvalue weighted by Gasteiger charge is -2.11. The van der Waals surface area contributed by atoms with Crippen LogP contribution in [-0.2, 0) is 6.54 Å². The molecule has 0 spiro atoms. The third-order valence-corrected chi connectivity index (χ3v) is 3.16. The Labute approximate surface area is 131 Å². The lowest BCUT2D eigenvalue weighted by molar-refractivity contribution is -0.384. The molecule has 0 bridgehead atoms. The first-order valence-corrected chi connectivity index (χ1v) is 6.72. The van der Waals surface area contributed by atoms with Gasteiger partial charge in [0, 0.05) is 31.1 Å². The van der Waals surface area contributed by atoms with Crippen molar-refractivity contribution in [3.05, 3.63) is 63.4 Å². The van der Waals surface area contributed by atoms with E-state index >= 15 is 0 Å². The summed E-state index contributed by atoms with van der Waals surface area (Å²) in [5.41, 5.74) is 1.29. The van der Waals surface area contributed by atoms with Gasteiger partial charge in [-0.3, -0.25) is 15.1 Å². The van der Waals surface area contributed by atoms with Crippen LogP contribution in [0, 0.1) is 10.1 Å². The smallest absolute Gasteiger partial charge is 0.271 e. The van der Waals surface area contributed by atoms with Crippen LogP contribution in [0.3, 0.4) is 0 Å². The molecule has 8 heteroatoms. The molecule has 0 amide bonds. The van der Waals surface area contributed by atoms with Gasteiger partial charge < -0.3 is 10.6 Å². The molecule has 1 heterocycles. The number of nitrogens with one attached hydrogen (secondary N) is 2. The van der Waals surface area contributed by atoms with Crippen molar-refractivity contribution in [3.8, 4) is 0 Å². The maximum absolute atomic E-state index is 10.7. The van der Waals surface area contributed by atoms with Crippen molar-refractivity contribution in [3.63, 3.8) is 0 Å². The SMILES string of the molecule is O=[N+]([O-])c1ccc(Cl)c(NC(=S)NCc2cccnc2)c1. The third-order valence-electron chi connectivity index (χ3n) is 2.58. The molecule has 2 aromatic rings. The van der Waals surface area contributed by atoms with Gasteiger partial charge in [-0.1, -0.05) is 17.7 Å². The van der Waals surface area contributed by atoms with Crippen molar-refractivity contribution < 1.29 is 4.92 Å². The van der Waals surface area contributed by atoms with Gasteiger partial charge in [0.2, 0.25) is 0 Å². The minimum absolute atomic E-state index is 0.0584. The Hall–Kier alpha value is -2.25. The molecule has 0 saturated heterocycles. The molecule has 6 nitrogen and oxygen atoms in total. The maximum atomic E-state index is 10.7. The molecule has 0 fully saturated rings. The molecule has 0 saturated carbocycles. The van der Waals surface area contributed by atoms with Gasteiger partial charge in [0.15, 0.2) is 5.11 Å². The number of rotatable bonds is 4. The fourth-order valence-corrected chi connectivity index (χ4v) is 1.92. The summed E-state index contributed by atoms with van der Waals surface area (Å²) in [4.78, 5) is 14.2. The standard InChI is InChI=1S/C13H11ClN4O2S/c14-11-4-3-10(18(19)20)6-12(11)17-13(21)16-8-9-2-1-5-15-7-9/h1-7H,8H2,(H2,16,17,21). The van der Waals surface area contributed by atoms with Gasteiger partial charge in [0.25, 0.3) is 5.69 Å². The predicted molar refractivity (Wildman–Crippen MR) is 85.4 cm³/mol. The van der Waals surface area contributed by atoms with Gasteiger partial charge in [0.05, 0.1) is 15.6 Å². The van der Waals surface area contributed by atoms with Gasteiger partial charge in [0.1, 0.15) is 0 Å². The summed E-state index contributed by atoms with van der Waals surface area (Å²) < 4.78 is 0. The van der Waals surface area contributed by atoms with Crippen LogP contribution in [0.15, 0.2) is 42.7 Å². The molecule has 108 valence electrons. The van der Waals surface area contributed by atoms with Crippen molar-refractivity contribution in [2.75, 3.05) is 5.32 Å². The second-order valence-electron chi connectivity index (χ2n) is 4.09. The number of thiocarbonyl (C=S) groups is 1. The zero-order chi connectivity index (χ0) is 15.2. The highest BCUT2D eigenvalue weighted by Gasteiger charge is 2.10. The van der Waals surface area contributed by atoms with Gasteiger partial charge in [-0.05, 0) is 29.9 Å². The quantitative estimate of drug-likeness (QED) is 0.511. The van der Waals surface area contributed by atoms with Crippen molar-refractivity contribution in [1.29, 1.82) is 0 Å². The molecular weight excluding hydrogens is 312 g/mol. The predicted octanol–water partition coefficient (Wildman–Crippen LogP) is 3.13. The largest absolute Gasteiger partial charge is 0.358 e. The van der Waals surface area contributed by atoms with Crippen LogP contribution in [0.25, 0.3) is 0 Å². The number of aromatic nitrogens is 1. The Morgan fingerprint density at radius 1 is 1.43 bits per heavy atom. The van der Waals surface area contributed by atoms with Crippen LogP contribution < -0.4 is 10.6 Å². The Morgan fingerprint density at radius 2 is 2.24 bits per heavy atom. The minimum Gasteiger partial charge on any atom is -0.358 e. The van der Waals surface area contributed by atoms with Crippen molar-refractivity contribution in [1.82, 2.24) is 10.3 Å². The van der Waals surface area contributed by atoms with Crippen LogP contribution in [-0.4, -0.2) is 15.0 Å². The van der Waals surface area contributed by atoms with E-state index in [2.05, 4.69) is 15.6 Å². The van der Waals surface area contributed by atoms with Gasteiger partial charge >= 0.3 is 0 Å². The summed E-state index contributed by atoms with van der Waals surface area (Å²) >= 11 is 11.1. The fourth-order valence-electron chi connectivity index (χ4n) is 1.57. The highest BCUT2D eigenvalue weighted by atomic mass is 35.5. The highest BCUT2D eigenvalue weighted by molar-refractivity contribution is 7.80. The number of nitro groups is 1. The van der Waals surface area contributed by atoms with Gasteiger partial charge in [-0.25, -0.2) is 0 Å². The lowest BCUT2D eigenvalue weighted by Crippen LogP contribution is -2.28. The van der Waals surface area contributed by atoms with Crippen LogP contribution >= 0.6 is 23.8 Å². The molecule has 0 radical (unpaired) electrons. The number of pyridine rings is 1. The summed E-state index contributed by atoms with van der Waals surface area (Å²) in [5.74, 6) is 0. The Bertz CT molecular complexity index is 666. The van der Waals surface area contributed by atoms with Gasteiger partial charge in [-0.2, -0.15) is 0 Å². The van der Waals surface area contributed by atoms with Crippen molar-refractivity contribution in [2.45, 2.75) is 6.54 Å². The average Bonchev–Trinajstić information content (AvgIpc) is 2.48. The van der Waals surface area contributed by atoms with Crippen LogP contribution in [0.4, 0.5) is 11.4 Å². The van der Waals surface area contributed by atoms with Crippen LogP contribution in [0.5, 0.6) is 0 Å². The van der Waals surface area contributed by atoms with E-state index in [1.165, 1.54) is 18.2 Å². The molecule has 0 unspecified atom stereocenters. The van der Waals surface area contributed by atoms with E-state index in [0.717, 1.165) is 5.56 Å². The third kappa shape index (κ3) is 4.37. The fraction of sp³-hybridized carbons (Fsp3) is 0.0769. The van der Waals surface area contributed by atoms with Crippen molar-refractivity contribution >= 4 is 40.3 Å². The van der Waals surface area contributed by atoms with Crippen LogP contribution in [0.2, 0.25) is 5.02 Å². The second kappa shape index (κ2) is 6.96. The zero-order valence-corrected chi connectivity index (χ0v) is 12.3.